The lowest BCUT2D eigenvalue weighted by atomic mass is 10.3. The highest BCUT2D eigenvalue weighted by atomic mass is 32.1. The number of rotatable bonds is 7. The van der Waals surface area contributed by atoms with Crippen molar-refractivity contribution in [3.05, 3.63) is 16.1 Å². The van der Waals surface area contributed by atoms with Gasteiger partial charge in [-0.05, 0) is 47.0 Å². The monoisotopic (exact) mass is 227 g/mol. The third-order valence-corrected chi connectivity index (χ3v) is 3.53. The molecule has 0 unspecified atom stereocenters. The van der Waals surface area contributed by atoms with Crippen LogP contribution in [0.25, 0.3) is 0 Å². The van der Waals surface area contributed by atoms with Crippen LogP contribution in [0.1, 0.15) is 17.0 Å². The van der Waals surface area contributed by atoms with E-state index in [4.69, 9.17) is 0 Å². The van der Waals surface area contributed by atoms with Gasteiger partial charge >= 0.3 is 0 Å². The lowest BCUT2D eigenvalue weighted by Crippen LogP contribution is -2.24. The van der Waals surface area contributed by atoms with E-state index < -0.39 is 0 Å². The van der Waals surface area contributed by atoms with Crippen molar-refractivity contribution in [2.75, 3.05) is 33.7 Å². The van der Waals surface area contributed by atoms with Gasteiger partial charge in [-0.15, -0.1) is 11.3 Å². The SMILES string of the molecule is CNCCCN(C)CCc1scnc1C. The van der Waals surface area contributed by atoms with Crippen molar-refractivity contribution < 1.29 is 0 Å². The lowest BCUT2D eigenvalue weighted by molar-refractivity contribution is 0.333. The molecular formula is C11H21N3S. The van der Waals surface area contributed by atoms with Gasteiger partial charge in [-0.2, -0.15) is 0 Å². The lowest BCUT2D eigenvalue weighted by Gasteiger charge is -2.15. The van der Waals surface area contributed by atoms with E-state index in [2.05, 4.69) is 29.2 Å². The summed E-state index contributed by atoms with van der Waals surface area (Å²) >= 11 is 1.77. The molecule has 1 aromatic rings. The quantitative estimate of drug-likeness (QED) is 0.716. The standard InChI is InChI=1S/C11H21N3S/c1-10-11(15-9-13-10)5-8-14(3)7-4-6-12-2/h9,12H,4-8H2,1-3H3. The summed E-state index contributed by atoms with van der Waals surface area (Å²) in [6.07, 6.45) is 2.35. The van der Waals surface area contributed by atoms with Crippen LogP contribution in [0, 0.1) is 6.92 Å². The molecule has 0 saturated carbocycles. The molecule has 86 valence electrons. The molecule has 1 heterocycles. The van der Waals surface area contributed by atoms with E-state index in [-0.39, 0.29) is 0 Å². The van der Waals surface area contributed by atoms with Crippen LogP contribution in [0.4, 0.5) is 0 Å². The van der Waals surface area contributed by atoms with Gasteiger partial charge in [-0.25, -0.2) is 4.98 Å². The normalized spacial score (nSPS) is 11.2. The largest absolute Gasteiger partial charge is 0.320 e. The minimum Gasteiger partial charge on any atom is -0.320 e. The van der Waals surface area contributed by atoms with Crippen molar-refractivity contribution >= 4 is 11.3 Å². The predicted molar refractivity (Wildman–Crippen MR) is 66.6 cm³/mol. The van der Waals surface area contributed by atoms with Crippen molar-refractivity contribution in [2.45, 2.75) is 19.8 Å². The third-order valence-electron chi connectivity index (χ3n) is 2.53. The van der Waals surface area contributed by atoms with Gasteiger partial charge in [0.15, 0.2) is 0 Å². The van der Waals surface area contributed by atoms with E-state index in [1.807, 2.05) is 12.6 Å². The van der Waals surface area contributed by atoms with Crippen LogP contribution in [0.2, 0.25) is 0 Å². The van der Waals surface area contributed by atoms with Crippen LogP contribution in [0.5, 0.6) is 0 Å². The average molecular weight is 227 g/mol. The number of nitrogens with one attached hydrogen (secondary N) is 1. The molecule has 15 heavy (non-hydrogen) atoms. The molecule has 0 amide bonds. The maximum atomic E-state index is 4.26. The maximum absolute atomic E-state index is 4.26. The number of hydrogen-bond donors (Lipinski definition) is 1. The number of thiazole rings is 1. The van der Waals surface area contributed by atoms with Gasteiger partial charge in [0.05, 0.1) is 11.2 Å². The Morgan fingerprint density at radius 1 is 1.47 bits per heavy atom. The van der Waals surface area contributed by atoms with Gasteiger partial charge in [0, 0.05) is 11.4 Å². The Hall–Kier alpha value is -0.450. The highest BCUT2D eigenvalue weighted by molar-refractivity contribution is 7.09. The van der Waals surface area contributed by atoms with E-state index >= 15 is 0 Å². The molecule has 0 bridgehead atoms. The molecule has 1 N–H and O–H groups in total. The van der Waals surface area contributed by atoms with E-state index in [1.165, 1.54) is 23.5 Å². The van der Waals surface area contributed by atoms with Crippen LogP contribution in [0.3, 0.4) is 0 Å². The topological polar surface area (TPSA) is 28.2 Å². The van der Waals surface area contributed by atoms with Crippen molar-refractivity contribution in [3.63, 3.8) is 0 Å². The first kappa shape index (κ1) is 12.6. The zero-order valence-electron chi connectivity index (χ0n) is 9.92. The van der Waals surface area contributed by atoms with Crippen molar-refractivity contribution in [3.8, 4) is 0 Å². The first-order valence-corrected chi connectivity index (χ1v) is 6.34. The highest BCUT2D eigenvalue weighted by Gasteiger charge is 2.03. The van der Waals surface area contributed by atoms with Crippen molar-refractivity contribution in [2.24, 2.45) is 0 Å². The fourth-order valence-electron chi connectivity index (χ4n) is 1.50. The van der Waals surface area contributed by atoms with Gasteiger partial charge in [-0.1, -0.05) is 0 Å². The molecule has 1 aromatic heterocycles. The molecule has 0 radical (unpaired) electrons. The van der Waals surface area contributed by atoms with Crippen molar-refractivity contribution in [1.82, 2.24) is 15.2 Å². The second-order valence-corrected chi connectivity index (χ2v) is 4.81. The minimum atomic E-state index is 1.10. The van der Waals surface area contributed by atoms with Crippen LogP contribution in [-0.2, 0) is 6.42 Å². The first-order chi connectivity index (χ1) is 7.24. The third kappa shape index (κ3) is 4.73. The summed E-state index contributed by atoms with van der Waals surface area (Å²) in [5.41, 5.74) is 3.13. The van der Waals surface area contributed by atoms with Crippen LogP contribution in [0.15, 0.2) is 5.51 Å². The number of nitrogens with zero attached hydrogens (tertiary/aromatic N) is 2. The van der Waals surface area contributed by atoms with Gasteiger partial charge in [0.2, 0.25) is 0 Å². The van der Waals surface area contributed by atoms with Crippen LogP contribution in [-0.4, -0.2) is 43.6 Å². The minimum absolute atomic E-state index is 1.10. The number of likely N-dealkylation sites (N-methyl/N-ethyl adjacent to an activating group) is 1. The maximum Gasteiger partial charge on any atom is 0.0797 e. The van der Waals surface area contributed by atoms with Crippen LogP contribution < -0.4 is 5.32 Å². The molecule has 0 fully saturated rings. The second kappa shape index (κ2) is 6.93. The molecule has 0 aliphatic rings. The number of hydrogen-bond acceptors (Lipinski definition) is 4. The molecule has 1 rings (SSSR count). The summed E-state index contributed by atoms with van der Waals surface area (Å²) < 4.78 is 0. The molecule has 0 saturated heterocycles. The Kier molecular flexibility index (Phi) is 5.83. The Bertz CT molecular complexity index is 273. The summed E-state index contributed by atoms with van der Waals surface area (Å²) in [6.45, 7) is 5.49. The first-order valence-electron chi connectivity index (χ1n) is 5.46. The number of aryl methyl sites for hydroxylation is 1. The summed E-state index contributed by atoms with van der Waals surface area (Å²) in [4.78, 5) is 8.07. The molecule has 0 atom stereocenters. The van der Waals surface area contributed by atoms with E-state index in [9.17, 15) is 0 Å². The zero-order valence-corrected chi connectivity index (χ0v) is 10.7. The summed E-state index contributed by atoms with van der Waals surface area (Å²) in [6, 6.07) is 0. The Morgan fingerprint density at radius 3 is 2.87 bits per heavy atom. The van der Waals surface area contributed by atoms with E-state index in [0.717, 1.165) is 19.5 Å². The molecular weight excluding hydrogens is 206 g/mol. The fraction of sp³-hybridized carbons (Fsp3) is 0.727. The van der Waals surface area contributed by atoms with Crippen molar-refractivity contribution in [1.29, 1.82) is 0 Å². The zero-order chi connectivity index (χ0) is 11.1. The summed E-state index contributed by atoms with van der Waals surface area (Å²) in [7, 11) is 4.19. The predicted octanol–water partition coefficient (Wildman–Crippen LogP) is 1.54. The molecule has 0 aliphatic heterocycles. The van der Waals surface area contributed by atoms with Gasteiger partial charge in [0.1, 0.15) is 0 Å². The highest BCUT2D eigenvalue weighted by Crippen LogP contribution is 2.12. The Balaban J connectivity index is 2.16. The summed E-state index contributed by atoms with van der Waals surface area (Å²) in [5.74, 6) is 0. The van der Waals surface area contributed by atoms with Gasteiger partial charge in [-0.3, -0.25) is 0 Å². The fourth-order valence-corrected chi connectivity index (χ4v) is 2.27. The number of aromatic nitrogens is 1. The molecule has 0 aliphatic carbocycles. The average Bonchev–Trinajstić information content (AvgIpc) is 2.61. The van der Waals surface area contributed by atoms with E-state index in [1.54, 1.807) is 11.3 Å². The second-order valence-electron chi connectivity index (χ2n) is 3.87. The molecule has 4 heteroatoms. The molecule has 3 nitrogen and oxygen atoms in total. The molecule has 0 aromatic carbocycles. The smallest absolute Gasteiger partial charge is 0.0797 e. The van der Waals surface area contributed by atoms with Gasteiger partial charge in [0.25, 0.3) is 0 Å². The molecule has 0 spiro atoms. The van der Waals surface area contributed by atoms with E-state index in [0.29, 0.717) is 0 Å². The summed E-state index contributed by atoms with van der Waals surface area (Å²) in [5, 5.41) is 3.17. The van der Waals surface area contributed by atoms with Crippen LogP contribution >= 0.6 is 11.3 Å². The Morgan fingerprint density at radius 2 is 2.27 bits per heavy atom. The van der Waals surface area contributed by atoms with Gasteiger partial charge < -0.3 is 10.2 Å². The Labute approximate surface area is 96.5 Å².